The van der Waals surface area contributed by atoms with Gasteiger partial charge in [-0.1, -0.05) is 125 Å². The number of rotatable bonds is 2. The quantitative estimate of drug-likeness (QED) is 0.226. The fraction of sp³-hybridized carbons (Fsp3) is 0.118. The highest BCUT2D eigenvalue weighted by atomic mass is 79.9. The Bertz CT molecular complexity index is 1770. The van der Waals surface area contributed by atoms with Gasteiger partial charge in [-0.15, -0.1) is 0 Å². The van der Waals surface area contributed by atoms with E-state index in [1.54, 1.807) is 0 Å². The van der Waals surface area contributed by atoms with Gasteiger partial charge in [0.1, 0.15) is 11.2 Å². The number of fused-ring (bicyclic) bond motifs is 3. The fourth-order valence-corrected chi connectivity index (χ4v) is 6.72. The Morgan fingerprint density at radius 1 is 0.595 bits per heavy atom. The minimum Gasteiger partial charge on any atom is -0.376 e. The van der Waals surface area contributed by atoms with Crippen LogP contribution in [0.5, 0.6) is 0 Å². The highest BCUT2D eigenvalue weighted by Crippen LogP contribution is 2.56. The van der Waals surface area contributed by atoms with E-state index in [0.29, 0.717) is 12.0 Å². The normalized spacial score (nSPS) is 24.8. The molecule has 37 heavy (non-hydrogen) atoms. The fourth-order valence-electron chi connectivity index (χ4n) is 6.25. The molecule has 5 aromatic rings. The molecule has 2 aliphatic rings. The zero-order valence-electron chi connectivity index (χ0n) is 20.1. The lowest BCUT2D eigenvalue weighted by atomic mass is 9.61. The van der Waals surface area contributed by atoms with E-state index in [-0.39, 0.29) is 4.83 Å². The molecule has 0 fully saturated rings. The number of aliphatic hydroxyl groups is 2. The lowest BCUT2D eigenvalue weighted by Crippen LogP contribution is -2.45. The van der Waals surface area contributed by atoms with Gasteiger partial charge in [0.05, 0.1) is 0 Å². The van der Waals surface area contributed by atoms with E-state index < -0.39 is 11.2 Å². The van der Waals surface area contributed by atoms with Gasteiger partial charge in [-0.3, -0.25) is 0 Å². The van der Waals surface area contributed by atoms with Gasteiger partial charge in [0.25, 0.3) is 0 Å². The summed E-state index contributed by atoms with van der Waals surface area (Å²) < 4.78 is 0. The largest absolute Gasteiger partial charge is 0.376 e. The summed E-state index contributed by atoms with van der Waals surface area (Å²) >= 11 is 3.77. The van der Waals surface area contributed by atoms with Crippen LogP contribution in [0.2, 0.25) is 0 Å². The molecule has 3 heteroatoms. The molecule has 0 spiro atoms. The third-order valence-corrected chi connectivity index (χ3v) is 8.69. The van der Waals surface area contributed by atoms with Crippen molar-refractivity contribution in [3.8, 4) is 0 Å². The standard InChI is InChI=1S/C34H25BrO2/c35-28-17-18-31-32(21-28)34(37,27-16-14-23-8-2-4-10-25(23)20-27)30-12-6-5-11-29(30)33(31,36)26-15-13-22-7-1-3-9-24(22)19-26/h1-20,28,36-37H,21H2. The lowest BCUT2D eigenvalue weighted by Gasteiger charge is -2.47. The number of alkyl halides is 1. The summed E-state index contributed by atoms with van der Waals surface area (Å²) in [5, 5.41) is 29.9. The summed E-state index contributed by atoms with van der Waals surface area (Å²) in [4.78, 5) is 0.0596. The van der Waals surface area contributed by atoms with Gasteiger partial charge >= 0.3 is 0 Å². The molecule has 3 unspecified atom stereocenters. The summed E-state index contributed by atoms with van der Waals surface area (Å²) in [5.41, 5.74) is 1.81. The van der Waals surface area contributed by atoms with Crippen LogP contribution in [0.4, 0.5) is 0 Å². The van der Waals surface area contributed by atoms with Crippen molar-refractivity contribution in [1.29, 1.82) is 0 Å². The third-order valence-electron chi connectivity index (χ3n) is 8.06. The number of allylic oxidation sites excluding steroid dienone is 1. The van der Waals surface area contributed by atoms with E-state index in [9.17, 15) is 10.2 Å². The van der Waals surface area contributed by atoms with Crippen molar-refractivity contribution in [2.24, 2.45) is 0 Å². The molecule has 3 atom stereocenters. The predicted molar refractivity (Wildman–Crippen MR) is 154 cm³/mol. The molecule has 0 amide bonds. The number of hydrogen-bond acceptors (Lipinski definition) is 2. The molecule has 2 N–H and O–H groups in total. The van der Waals surface area contributed by atoms with Crippen molar-refractivity contribution in [2.75, 3.05) is 0 Å². The van der Waals surface area contributed by atoms with E-state index in [2.05, 4.69) is 70.5 Å². The maximum Gasteiger partial charge on any atom is 0.141 e. The Labute approximate surface area is 224 Å². The van der Waals surface area contributed by atoms with Crippen LogP contribution in [-0.4, -0.2) is 15.0 Å². The second-order valence-electron chi connectivity index (χ2n) is 10.1. The van der Waals surface area contributed by atoms with Crippen LogP contribution in [0.25, 0.3) is 21.5 Å². The number of hydrogen-bond donors (Lipinski definition) is 2. The molecule has 0 bridgehead atoms. The van der Waals surface area contributed by atoms with Crippen LogP contribution in [0.3, 0.4) is 0 Å². The predicted octanol–water partition coefficient (Wildman–Crippen LogP) is 7.50. The molecule has 0 saturated carbocycles. The first-order valence-corrected chi connectivity index (χ1v) is 13.5. The van der Waals surface area contributed by atoms with Crippen LogP contribution >= 0.6 is 15.9 Å². The van der Waals surface area contributed by atoms with Crippen molar-refractivity contribution in [3.05, 3.63) is 155 Å². The van der Waals surface area contributed by atoms with Crippen LogP contribution in [0.1, 0.15) is 28.7 Å². The molecular formula is C34H25BrO2. The van der Waals surface area contributed by atoms with Gasteiger partial charge in [-0.25, -0.2) is 0 Å². The van der Waals surface area contributed by atoms with Crippen molar-refractivity contribution in [3.63, 3.8) is 0 Å². The first-order chi connectivity index (χ1) is 18.0. The van der Waals surface area contributed by atoms with Gasteiger partial charge in [0.15, 0.2) is 0 Å². The summed E-state index contributed by atoms with van der Waals surface area (Å²) in [6.45, 7) is 0. The van der Waals surface area contributed by atoms with Gasteiger partial charge in [0.2, 0.25) is 0 Å². The molecule has 0 saturated heterocycles. The monoisotopic (exact) mass is 544 g/mol. The maximum absolute atomic E-state index is 12.8. The first kappa shape index (κ1) is 22.7. The highest BCUT2D eigenvalue weighted by Gasteiger charge is 2.52. The molecule has 2 aliphatic carbocycles. The number of benzene rings is 5. The number of halogens is 1. The molecule has 5 aromatic carbocycles. The van der Waals surface area contributed by atoms with Crippen LogP contribution < -0.4 is 0 Å². The Hall–Kier alpha value is -3.50. The van der Waals surface area contributed by atoms with E-state index in [0.717, 1.165) is 49.4 Å². The molecule has 2 nitrogen and oxygen atoms in total. The van der Waals surface area contributed by atoms with Crippen LogP contribution in [0.15, 0.2) is 132 Å². The Morgan fingerprint density at radius 3 is 1.68 bits per heavy atom. The average molecular weight is 545 g/mol. The van der Waals surface area contributed by atoms with E-state index in [1.807, 2.05) is 66.7 Å². The molecule has 7 rings (SSSR count). The van der Waals surface area contributed by atoms with Crippen LogP contribution in [0, 0.1) is 0 Å². The SMILES string of the molecule is OC1(c2ccc3ccccc3c2)C2=C(CC(Br)C=C2)C(O)(c2ccc3ccccc3c2)c2ccccc21. The van der Waals surface area contributed by atoms with Gasteiger partial charge < -0.3 is 10.2 Å². The van der Waals surface area contributed by atoms with E-state index in [1.165, 1.54) is 0 Å². The van der Waals surface area contributed by atoms with Gasteiger partial charge in [-0.05, 0) is 73.5 Å². The molecule has 0 heterocycles. The summed E-state index contributed by atoms with van der Waals surface area (Å²) in [6, 6.07) is 36.5. The second kappa shape index (κ2) is 8.26. The summed E-state index contributed by atoms with van der Waals surface area (Å²) in [5.74, 6) is 0. The molecule has 0 radical (unpaired) electrons. The highest BCUT2D eigenvalue weighted by molar-refractivity contribution is 9.09. The zero-order valence-corrected chi connectivity index (χ0v) is 21.7. The average Bonchev–Trinajstić information content (AvgIpc) is 2.95. The van der Waals surface area contributed by atoms with Gasteiger partial charge in [-0.2, -0.15) is 0 Å². The molecule has 0 aromatic heterocycles. The second-order valence-corrected chi connectivity index (χ2v) is 11.2. The van der Waals surface area contributed by atoms with Crippen LogP contribution in [-0.2, 0) is 11.2 Å². The minimum absolute atomic E-state index is 0.0596. The Kier molecular flexibility index (Phi) is 5.06. The maximum atomic E-state index is 12.8. The minimum atomic E-state index is -1.40. The molecule has 0 aliphatic heterocycles. The zero-order chi connectivity index (χ0) is 25.2. The van der Waals surface area contributed by atoms with Gasteiger partial charge in [0, 0.05) is 4.83 Å². The van der Waals surface area contributed by atoms with Crippen molar-refractivity contribution in [1.82, 2.24) is 0 Å². The van der Waals surface area contributed by atoms with E-state index in [4.69, 9.17) is 0 Å². The topological polar surface area (TPSA) is 40.5 Å². The smallest absolute Gasteiger partial charge is 0.141 e. The van der Waals surface area contributed by atoms with Crippen molar-refractivity contribution < 1.29 is 10.2 Å². The first-order valence-electron chi connectivity index (χ1n) is 12.6. The lowest BCUT2D eigenvalue weighted by molar-refractivity contribution is 0.0701. The summed E-state index contributed by atoms with van der Waals surface area (Å²) in [7, 11) is 0. The summed E-state index contributed by atoms with van der Waals surface area (Å²) in [6.07, 6.45) is 4.65. The Balaban J connectivity index is 1.55. The Morgan fingerprint density at radius 2 is 1.08 bits per heavy atom. The molecular weight excluding hydrogens is 520 g/mol. The molecule has 180 valence electrons. The third kappa shape index (κ3) is 3.25. The van der Waals surface area contributed by atoms with Crippen molar-refractivity contribution in [2.45, 2.75) is 22.5 Å². The van der Waals surface area contributed by atoms with E-state index >= 15 is 0 Å². The van der Waals surface area contributed by atoms with Crippen molar-refractivity contribution >= 4 is 37.5 Å².